The summed E-state index contributed by atoms with van der Waals surface area (Å²) >= 11 is 0. The summed E-state index contributed by atoms with van der Waals surface area (Å²) in [5.74, 6) is -1.09. The van der Waals surface area contributed by atoms with Gasteiger partial charge in [0.25, 0.3) is 5.56 Å². The molecule has 0 amide bonds. The molecule has 0 saturated carbocycles. The van der Waals surface area contributed by atoms with Crippen LogP contribution in [0.1, 0.15) is 6.42 Å². The Hall–Kier alpha value is -2.14. The Kier molecular flexibility index (Phi) is 3.43. The number of para-hydroxylation sites is 1. The van der Waals surface area contributed by atoms with Gasteiger partial charge < -0.3 is 14.8 Å². The number of benzene rings is 1. The third-order valence-corrected chi connectivity index (χ3v) is 2.70. The van der Waals surface area contributed by atoms with Gasteiger partial charge in [0.2, 0.25) is 0 Å². The number of aliphatic carboxylic acids is 1. The Morgan fingerprint density at radius 1 is 1.22 bits per heavy atom. The Labute approximate surface area is 103 Å². The van der Waals surface area contributed by atoms with Gasteiger partial charge in [-0.3, -0.25) is 9.59 Å². The van der Waals surface area contributed by atoms with Crippen molar-refractivity contribution in [1.82, 2.24) is 4.57 Å². The highest BCUT2D eigenvalue weighted by Gasteiger charge is 2.12. The van der Waals surface area contributed by atoms with Crippen molar-refractivity contribution >= 4 is 16.9 Å². The number of rotatable bonds is 4. The number of aromatic nitrogens is 1. The fraction of sp³-hybridized carbons (Fsp3) is 0.231. The van der Waals surface area contributed by atoms with Crippen LogP contribution in [-0.4, -0.2) is 26.9 Å². The topological polar surface area (TPSA) is 79.5 Å². The van der Waals surface area contributed by atoms with Gasteiger partial charge in [0.1, 0.15) is 0 Å². The number of fused-ring (bicyclic) bond motifs is 1. The molecular formula is C13H13NO4. The number of hydrogen-bond acceptors (Lipinski definition) is 3. The van der Waals surface area contributed by atoms with Gasteiger partial charge in [-0.05, 0) is 17.5 Å². The summed E-state index contributed by atoms with van der Waals surface area (Å²) in [5.41, 5.74) is 0.438. The minimum Gasteiger partial charge on any atom is -0.481 e. The second kappa shape index (κ2) is 5.01. The van der Waals surface area contributed by atoms with Gasteiger partial charge in [0.15, 0.2) is 0 Å². The second-order valence-electron chi connectivity index (χ2n) is 4.09. The van der Waals surface area contributed by atoms with Gasteiger partial charge in [-0.2, -0.15) is 0 Å². The van der Waals surface area contributed by atoms with E-state index in [1.807, 2.05) is 12.1 Å². The third kappa shape index (κ3) is 2.57. The second-order valence-corrected chi connectivity index (χ2v) is 4.09. The van der Waals surface area contributed by atoms with Gasteiger partial charge in [-0.1, -0.05) is 18.2 Å². The molecule has 1 unspecified atom stereocenters. The van der Waals surface area contributed by atoms with E-state index in [1.54, 1.807) is 18.2 Å². The van der Waals surface area contributed by atoms with Crippen molar-refractivity contribution in [1.29, 1.82) is 0 Å². The lowest BCUT2D eigenvalue weighted by molar-refractivity contribution is -0.139. The van der Waals surface area contributed by atoms with Crippen LogP contribution < -0.4 is 5.56 Å². The molecule has 0 aliphatic heterocycles. The molecular weight excluding hydrogens is 234 g/mol. The van der Waals surface area contributed by atoms with Crippen molar-refractivity contribution in [2.45, 2.75) is 19.1 Å². The lowest BCUT2D eigenvalue weighted by Gasteiger charge is -2.13. The zero-order valence-electron chi connectivity index (χ0n) is 9.61. The van der Waals surface area contributed by atoms with E-state index in [1.165, 1.54) is 10.6 Å². The van der Waals surface area contributed by atoms with Crippen molar-refractivity contribution in [3.05, 3.63) is 46.8 Å². The largest absolute Gasteiger partial charge is 0.481 e. The fourth-order valence-corrected chi connectivity index (χ4v) is 1.91. The average Bonchev–Trinajstić information content (AvgIpc) is 2.32. The van der Waals surface area contributed by atoms with Crippen LogP contribution >= 0.6 is 0 Å². The molecule has 5 nitrogen and oxygen atoms in total. The van der Waals surface area contributed by atoms with Gasteiger partial charge in [0, 0.05) is 6.07 Å². The highest BCUT2D eigenvalue weighted by Crippen LogP contribution is 2.11. The molecule has 0 bridgehead atoms. The number of nitrogens with zero attached hydrogens (tertiary/aromatic N) is 1. The molecule has 0 fully saturated rings. The molecule has 0 aliphatic carbocycles. The summed E-state index contributed by atoms with van der Waals surface area (Å²) in [7, 11) is 0. The smallest absolute Gasteiger partial charge is 0.306 e. The first-order chi connectivity index (χ1) is 8.58. The number of carbonyl (C=O) groups is 1. The molecule has 5 heteroatoms. The van der Waals surface area contributed by atoms with E-state index in [4.69, 9.17) is 5.11 Å². The predicted molar refractivity (Wildman–Crippen MR) is 66.5 cm³/mol. The van der Waals surface area contributed by atoms with Gasteiger partial charge in [-0.15, -0.1) is 0 Å². The summed E-state index contributed by atoms with van der Waals surface area (Å²) in [5, 5.41) is 19.1. The molecule has 1 aromatic carbocycles. The Morgan fingerprint density at radius 2 is 1.94 bits per heavy atom. The average molecular weight is 247 g/mol. The van der Waals surface area contributed by atoms with Crippen molar-refractivity contribution < 1.29 is 15.0 Å². The molecule has 94 valence electrons. The van der Waals surface area contributed by atoms with Crippen LogP contribution in [0.4, 0.5) is 0 Å². The molecule has 1 aromatic heterocycles. The molecule has 0 aliphatic rings. The minimum absolute atomic E-state index is 0.0213. The monoisotopic (exact) mass is 247 g/mol. The summed E-state index contributed by atoms with van der Waals surface area (Å²) < 4.78 is 1.39. The first kappa shape index (κ1) is 12.3. The first-order valence-electron chi connectivity index (χ1n) is 5.56. The van der Waals surface area contributed by atoms with E-state index in [0.717, 1.165) is 5.39 Å². The number of pyridine rings is 1. The molecule has 18 heavy (non-hydrogen) atoms. The highest BCUT2D eigenvalue weighted by molar-refractivity contribution is 5.78. The number of aliphatic hydroxyl groups is 1. The molecule has 1 atom stereocenters. The highest BCUT2D eigenvalue weighted by atomic mass is 16.4. The maximum absolute atomic E-state index is 11.8. The first-order valence-corrected chi connectivity index (χ1v) is 5.56. The van der Waals surface area contributed by atoms with Gasteiger partial charge >= 0.3 is 5.97 Å². The summed E-state index contributed by atoms with van der Waals surface area (Å²) in [4.78, 5) is 22.3. The van der Waals surface area contributed by atoms with Gasteiger partial charge in [0.05, 0.1) is 24.6 Å². The van der Waals surface area contributed by atoms with E-state index >= 15 is 0 Å². The number of aliphatic hydroxyl groups excluding tert-OH is 1. The van der Waals surface area contributed by atoms with Crippen LogP contribution in [0, 0.1) is 0 Å². The molecule has 0 radical (unpaired) electrons. The van der Waals surface area contributed by atoms with E-state index < -0.39 is 12.1 Å². The van der Waals surface area contributed by atoms with E-state index in [2.05, 4.69) is 0 Å². The molecule has 1 heterocycles. The van der Waals surface area contributed by atoms with E-state index in [0.29, 0.717) is 5.52 Å². The third-order valence-electron chi connectivity index (χ3n) is 2.70. The van der Waals surface area contributed by atoms with Crippen LogP contribution in [0.15, 0.2) is 41.2 Å². The van der Waals surface area contributed by atoms with Crippen molar-refractivity contribution in [3.8, 4) is 0 Å². The molecule has 2 N–H and O–H groups in total. The van der Waals surface area contributed by atoms with Crippen LogP contribution in [-0.2, 0) is 11.3 Å². The number of carboxylic acids is 1. The lowest BCUT2D eigenvalue weighted by atomic mass is 10.2. The van der Waals surface area contributed by atoms with Crippen molar-refractivity contribution in [2.75, 3.05) is 0 Å². The number of hydrogen-bond donors (Lipinski definition) is 2. The van der Waals surface area contributed by atoms with Crippen LogP contribution in [0.2, 0.25) is 0 Å². The number of carboxylic acid groups (broad SMARTS) is 1. The van der Waals surface area contributed by atoms with Crippen molar-refractivity contribution in [2.24, 2.45) is 0 Å². The lowest BCUT2D eigenvalue weighted by Crippen LogP contribution is -2.27. The molecule has 0 spiro atoms. The summed E-state index contributed by atoms with van der Waals surface area (Å²) in [6.07, 6.45) is -1.46. The predicted octanol–water partition coefficient (Wildman–Crippen LogP) is 0.837. The van der Waals surface area contributed by atoms with Crippen LogP contribution in [0.3, 0.4) is 0 Å². The minimum atomic E-state index is -1.09. The zero-order valence-corrected chi connectivity index (χ0v) is 9.61. The SMILES string of the molecule is O=C(O)CC(O)Cn1c(=O)ccc2ccccc21. The van der Waals surface area contributed by atoms with E-state index in [-0.39, 0.29) is 18.5 Å². The summed E-state index contributed by atoms with van der Waals surface area (Å²) in [6.45, 7) is -0.0213. The normalized spacial score (nSPS) is 12.5. The quantitative estimate of drug-likeness (QED) is 0.839. The molecule has 2 rings (SSSR count). The van der Waals surface area contributed by atoms with Crippen molar-refractivity contribution in [3.63, 3.8) is 0 Å². The van der Waals surface area contributed by atoms with Crippen LogP contribution in [0.25, 0.3) is 10.9 Å². The maximum atomic E-state index is 11.8. The van der Waals surface area contributed by atoms with Gasteiger partial charge in [-0.25, -0.2) is 0 Å². The Bertz CT molecular complexity index is 632. The summed E-state index contributed by atoms with van der Waals surface area (Å²) in [6, 6.07) is 10.4. The zero-order chi connectivity index (χ0) is 13.1. The maximum Gasteiger partial charge on any atom is 0.306 e. The fourth-order valence-electron chi connectivity index (χ4n) is 1.91. The van der Waals surface area contributed by atoms with E-state index in [9.17, 15) is 14.7 Å². The molecule has 0 saturated heterocycles. The standard InChI is InChI=1S/C13H13NO4/c15-10(7-13(17)18)8-14-11-4-2-1-3-9(11)5-6-12(14)16/h1-6,10,15H,7-8H2,(H,17,18). The Balaban J connectivity index is 2.40. The van der Waals surface area contributed by atoms with Crippen LogP contribution in [0.5, 0.6) is 0 Å². The molecule has 2 aromatic rings. The Morgan fingerprint density at radius 3 is 2.67 bits per heavy atom.